The van der Waals surface area contributed by atoms with Crippen molar-refractivity contribution in [2.45, 2.75) is 26.0 Å². The molecule has 0 bridgehead atoms. The monoisotopic (exact) mass is 297 g/mol. The molecule has 1 atom stereocenters. The summed E-state index contributed by atoms with van der Waals surface area (Å²) >= 11 is 1.66. The maximum absolute atomic E-state index is 13.5. The minimum Gasteiger partial charge on any atom is -0.387 e. The number of benzene rings is 1. The molecule has 0 spiro atoms. The fraction of sp³-hybridized carbons (Fsp3) is 0.333. The molecule has 1 aromatic carbocycles. The van der Waals surface area contributed by atoms with Crippen molar-refractivity contribution >= 4 is 11.3 Å². The van der Waals surface area contributed by atoms with Crippen LogP contribution < -0.4 is 5.32 Å². The van der Waals surface area contributed by atoms with Gasteiger partial charge in [0.2, 0.25) is 0 Å². The Kier molecular flexibility index (Phi) is 5.23. The maximum atomic E-state index is 13.5. The van der Waals surface area contributed by atoms with Crippen LogP contribution >= 0.6 is 11.3 Å². The van der Waals surface area contributed by atoms with Gasteiger partial charge in [-0.1, -0.05) is 13.0 Å². The smallest absolute Gasteiger partial charge is 0.131 e. The van der Waals surface area contributed by atoms with Crippen LogP contribution in [0, 0.1) is 11.6 Å². The number of aliphatic hydroxyl groups is 1. The number of thiophene rings is 1. The molecule has 20 heavy (non-hydrogen) atoms. The lowest BCUT2D eigenvalue weighted by atomic mass is 10.1. The van der Waals surface area contributed by atoms with Crippen molar-refractivity contribution in [3.63, 3.8) is 0 Å². The molecular weight excluding hydrogens is 280 g/mol. The highest BCUT2D eigenvalue weighted by atomic mass is 32.1. The summed E-state index contributed by atoms with van der Waals surface area (Å²) in [5.41, 5.74) is 1.39. The van der Waals surface area contributed by atoms with E-state index < -0.39 is 17.7 Å². The van der Waals surface area contributed by atoms with Gasteiger partial charge in [-0.2, -0.15) is 0 Å². The van der Waals surface area contributed by atoms with E-state index in [9.17, 15) is 13.9 Å². The molecule has 0 amide bonds. The molecule has 0 aliphatic rings. The molecule has 5 heteroatoms. The van der Waals surface area contributed by atoms with E-state index in [1.165, 1.54) is 16.5 Å². The molecule has 0 saturated heterocycles. The molecular formula is C15H17F2NOS. The Morgan fingerprint density at radius 3 is 2.80 bits per heavy atom. The summed E-state index contributed by atoms with van der Waals surface area (Å²) in [6, 6.07) is 5.29. The van der Waals surface area contributed by atoms with Gasteiger partial charge in [-0.05, 0) is 29.5 Å². The molecule has 2 aromatic rings. The quantitative estimate of drug-likeness (QED) is 0.856. The lowest BCUT2D eigenvalue weighted by molar-refractivity contribution is 0.169. The second kappa shape index (κ2) is 6.92. The van der Waals surface area contributed by atoms with Crippen LogP contribution in [0.3, 0.4) is 0 Å². The third kappa shape index (κ3) is 3.62. The van der Waals surface area contributed by atoms with Crippen LogP contribution in [0.15, 0.2) is 29.6 Å². The third-order valence-corrected chi connectivity index (χ3v) is 4.13. The van der Waals surface area contributed by atoms with Crippen molar-refractivity contribution in [1.82, 2.24) is 5.32 Å². The number of halogens is 2. The van der Waals surface area contributed by atoms with Gasteiger partial charge >= 0.3 is 0 Å². The standard InChI is InChI=1S/C15H17F2NOS/c1-2-10-5-6-20-15(10)9-18-8-14(19)12-4-3-11(16)7-13(12)17/h3-7,14,18-19H,2,8-9H2,1H3. The van der Waals surface area contributed by atoms with Crippen LogP contribution in [-0.2, 0) is 13.0 Å². The summed E-state index contributed by atoms with van der Waals surface area (Å²) < 4.78 is 26.3. The predicted molar refractivity (Wildman–Crippen MR) is 76.7 cm³/mol. The lowest BCUT2D eigenvalue weighted by Crippen LogP contribution is -2.21. The second-order valence-corrected chi connectivity index (χ2v) is 5.54. The zero-order chi connectivity index (χ0) is 14.5. The van der Waals surface area contributed by atoms with Gasteiger partial charge in [0.15, 0.2) is 0 Å². The highest BCUT2D eigenvalue weighted by molar-refractivity contribution is 7.10. The molecule has 0 radical (unpaired) electrons. The molecule has 1 aromatic heterocycles. The summed E-state index contributed by atoms with van der Waals surface area (Å²) in [6.45, 7) is 2.96. The SMILES string of the molecule is CCc1ccsc1CNCC(O)c1ccc(F)cc1F. The van der Waals surface area contributed by atoms with Gasteiger partial charge in [0, 0.05) is 29.6 Å². The maximum Gasteiger partial charge on any atom is 0.131 e. The highest BCUT2D eigenvalue weighted by Crippen LogP contribution is 2.19. The first kappa shape index (κ1) is 15.1. The molecule has 108 valence electrons. The molecule has 1 unspecified atom stereocenters. The van der Waals surface area contributed by atoms with Crippen molar-refractivity contribution in [1.29, 1.82) is 0 Å². The molecule has 0 aliphatic heterocycles. The number of aliphatic hydroxyl groups excluding tert-OH is 1. The van der Waals surface area contributed by atoms with Crippen molar-refractivity contribution in [2.24, 2.45) is 0 Å². The van der Waals surface area contributed by atoms with E-state index in [0.717, 1.165) is 18.6 Å². The van der Waals surface area contributed by atoms with Crippen LogP contribution in [0.1, 0.15) is 29.0 Å². The fourth-order valence-corrected chi connectivity index (χ4v) is 2.99. The molecule has 0 aliphatic carbocycles. The van der Waals surface area contributed by atoms with Crippen molar-refractivity contribution < 1.29 is 13.9 Å². The average Bonchev–Trinajstić information content (AvgIpc) is 2.86. The van der Waals surface area contributed by atoms with Crippen LogP contribution in [0.2, 0.25) is 0 Å². The topological polar surface area (TPSA) is 32.3 Å². The van der Waals surface area contributed by atoms with E-state index in [1.807, 2.05) is 5.38 Å². The summed E-state index contributed by atoms with van der Waals surface area (Å²) in [5, 5.41) is 15.1. The van der Waals surface area contributed by atoms with Gasteiger partial charge in [0.05, 0.1) is 6.10 Å². The summed E-state index contributed by atoms with van der Waals surface area (Å²) in [6.07, 6.45) is -0.0176. The summed E-state index contributed by atoms with van der Waals surface area (Å²) in [7, 11) is 0. The van der Waals surface area contributed by atoms with E-state index in [4.69, 9.17) is 0 Å². The number of hydrogen-bond donors (Lipinski definition) is 2. The zero-order valence-electron chi connectivity index (χ0n) is 11.2. The normalized spacial score (nSPS) is 12.6. The number of nitrogens with one attached hydrogen (secondary N) is 1. The summed E-state index contributed by atoms with van der Waals surface area (Å²) in [4.78, 5) is 1.22. The second-order valence-electron chi connectivity index (χ2n) is 4.54. The van der Waals surface area contributed by atoms with Crippen LogP contribution in [0.25, 0.3) is 0 Å². The zero-order valence-corrected chi connectivity index (χ0v) is 12.0. The minimum absolute atomic E-state index is 0.112. The van der Waals surface area contributed by atoms with Gasteiger partial charge in [0.25, 0.3) is 0 Å². The first-order valence-corrected chi connectivity index (χ1v) is 7.38. The Hall–Kier alpha value is -1.30. The molecule has 0 fully saturated rings. The fourth-order valence-electron chi connectivity index (χ4n) is 2.04. The van der Waals surface area contributed by atoms with Gasteiger partial charge in [-0.25, -0.2) is 8.78 Å². The van der Waals surface area contributed by atoms with E-state index in [0.29, 0.717) is 6.54 Å². The Labute approximate surface area is 121 Å². The van der Waals surface area contributed by atoms with Crippen molar-refractivity contribution in [3.05, 3.63) is 57.3 Å². The van der Waals surface area contributed by atoms with Gasteiger partial charge in [-0.15, -0.1) is 11.3 Å². The third-order valence-electron chi connectivity index (χ3n) is 3.16. The number of aryl methyl sites for hydroxylation is 1. The van der Waals surface area contributed by atoms with Crippen molar-refractivity contribution in [3.8, 4) is 0 Å². The number of hydrogen-bond acceptors (Lipinski definition) is 3. The summed E-state index contributed by atoms with van der Waals surface area (Å²) in [5.74, 6) is -1.36. The van der Waals surface area contributed by atoms with Gasteiger partial charge in [0.1, 0.15) is 11.6 Å². The first-order chi connectivity index (χ1) is 9.61. The van der Waals surface area contributed by atoms with E-state index in [1.54, 1.807) is 11.3 Å². The highest BCUT2D eigenvalue weighted by Gasteiger charge is 2.13. The predicted octanol–water partition coefficient (Wildman–Crippen LogP) is 3.41. The first-order valence-electron chi connectivity index (χ1n) is 6.50. The Morgan fingerprint density at radius 2 is 2.10 bits per heavy atom. The van der Waals surface area contributed by atoms with Gasteiger partial charge < -0.3 is 10.4 Å². The Balaban J connectivity index is 1.90. The number of rotatable bonds is 6. The average molecular weight is 297 g/mol. The minimum atomic E-state index is -0.986. The van der Waals surface area contributed by atoms with Crippen LogP contribution in [0.4, 0.5) is 8.78 Å². The molecule has 0 saturated carbocycles. The largest absolute Gasteiger partial charge is 0.387 e. The Morgan fingerprint density at radius 1 is 1.30 bits per heavy atom. The van der Waals surface area contributed by atoms with Gasteiger partial charge in [-0.3, -0.25) is 0 Å². The van der Waals surface area contributed by atoms with Crippen LogP contribution in [-0.4, -0.2) is 11.7 Å². The van der Waals surface area contributed by atoms with E-state index in [-0.39, 0.29) is 12.1 Å². The van der Waals surface area contributed by atoms with E-state index >= 15 is 0 Å². The molecule has 2 rings (SSSR count). The Bertz CT molecular complexity index is 571. The van der Waals surface area contributed by atoms with Crippen LogP contribution in [0.5, 0.6) is 0 Å². The molecule has 2 N–H and O–H groups in total. The van der Waals surface area contributed by atoms with Crippen molar-refractivity contribution in [2.75, 3.05) is 6.54 Å². The van der Waals surface area contributed by atoms with E-state index in [2.05, 4.69) is 18.3 Å². The molecule has 2 nitrogen and oxygen atoms in total. The lowest BCUT2D eigenvalue weighted by Gasteiger charge is -2.13. The molecule has 1 heterocycles.